The Hall–Kier alpha value is -3.96. The second-order valence-corrected chi connectivity index (χ2v) is 11.9. The second kappa shape index (κ2) is 13.0. The van der Waals surface area contributed by atoms with Gasteiger partial charge in [0.05, 0.1) is 15.6 Å². The maximum Gasteiger partial charge on any atom is 0.344 e. The van der Waals surface area contributed by atoms with Crippen molar-refractivity contribution in [2.45, 2.75) is 49.3 Å². The van der Waals surface area contributed by atoms with Gasteiger partial charge in [0.15, 0.2) is 25.6 Å². The number of hydrogen-bond donors (Lipinski definition) is 2. The molecular formula is C31H30Cl2F2N3O6+. The Kier molecular flexibility index (Phi) is 9.26. The molecular weight excluding hydrogens is 619 g/mol. The molecule has 44 heavy (non-hydrogen) atoms. The van der Waals surface area contributed by atoms with E-state index in [0.717, 1.165) is 12.1 Å². The highest BCUT2D eigenvalue weighted by molar-refractivity contribution is 6.31. The van der Waals surface area contributed by atoms with Crippen LogP contribution in [0.1, 0.15) is 42.5 Å². The van der Waals surface area contributed by atoms with Gasteiger partial charge in [0.2, 0.25) is 0 Å². The molecule has 0 spiro atoms. The van der Waals surface area contributed by atoms with E-state index in [1.165, 1.54) is 24.3 Å². The third-order valence-corrected chi connectivity index (χ3v) is 8.64. The van der Waals surface area contributed by atoms with E-state index in [2.05, 4.69) is 10.6 Å². The molecule has 0 aliphatic heterocycles. The number of carbonyl (C=O) groups excluding carboxylic acids is 3. The lowest BCUT2D eigenvalue weighted by atomic mass is 9.59. The molecule has 3 aromatic rings. The van der Waals surface area contributed by atoms with Crippen molar-refractivity contribution in [1.29, 1.82) is 0 Å². The zero-order valence-electron chi connectivity index (χ0n) is 23.7. The third kappa shape index (κ3) is 7.22. The van der Waals surface area contributed by atoms with Gasteiger partial charge in [-0.25, -0.2) is 18.1 Å². The van der Waals surface area contributed by atoms with Crippen molar-refractivity contribution in [2.75, 3.05) is 13.2 Å². The van der Waals surface area contributed by atoms with Crippen LogP contribution >= 0.6 is 23.2 Å². The molecule has 2 aromatic carbocycles. The first-order valence-electron chi connectivity index (χ1n) is 13.9. The molecule has 2 N–H and O–H groups in total. The standard InChI is InChI=1S/C31H29Cl2F2N3O6/c1-38-12-2-3-19(16-38)29(41)44-26-15-30(36-27(39)17-42-20-4-6-22(32)24(34)13-20)8-10-31(26,11-9-30)37-28(40)18-43-21-5-7-23(33)25(35)14-21/h2-7,12-14,16,26H,8-11,15,17-18H2,1H3,(H-,36,37,39,40)/p+1/t26-,30?,31?/m0/s1. The number of halogens is 4. The van der Waals surface area contributed by atoms with E-state index < -0.39 is 53.2 Å². The Bertz CT molecular complexity index is 1580. The highest BCUT2D eigenvalue weighted by atomic mass is 35.5. The first-order chi connectivity index (χ1) is 21.0. The number of ether oxygens (including phenoxy) is 3. The number of amides is 2. The zero-order chi connectivity index (χ0) is 31.5. The molecule has 3 aliphatic carbocycles. The minimum Gasteiger partial charge on any atom is -0.484 e. The van der Waals surface area contributed by atoms with Crippen LogP contribution in [0.15, 0.2) is 60.9 Å². The van der Waals surface area contributed by atoms with Gasteiger partial charge in [0.25, 0.3) is 11.8 Å². The number of benzene rings is 2. The van der Waals surface area contributed by atoms with E-state index in [1.807, 2.05) is 0 Å². The van der Waals surface area contributed by atoms with Gasteiger partial charge in [-0.2, -0.15) is 0 Å². The maximum atomic E-state index is 13.8. The molecule has 1 atom stereocenters. The molecule has 3 saturated carbocycles. The fourth-order valence-corrected chi connectivity index (χ4v) is 6.00. The highest BCUT2D eigenvalue weighted by Gasteiger charge is 2.57. The van der Waals surface area contributed by atoms with Crippen LogP contribution in [0.25, 0.3) is 0 Å². The van der Waals surface area contributed by atoms with Crippen molar-refractivity contribution >= 4 is 41.0 Å². The average Bonchev–Trinajstić information content (AvgIpc) is 2.99. The molecule has 0 saturated heterocycles. The number of fused-ring (bicyclic) bond motifs is 3. The summed E-state index contributed by atoms with van der Waals surface area (Å²) in [6.45, 7) is -0.763. The van der Waals surface area contributed by atoms with Gasteiger partial charge in [0, 0.05) is 30.2 Å². The van der Waals surface area contributed by atoms with Gasteiger partial charge in [0.1, 0.15) is 41.8 Å². The second-order valence-electron chi connectivity index (χ2n) is 11.1. The Labute approximate surface area is 262 Å². The van der Waals surface area contributed by atoms with Crippen LogP contribution in [0, 0.1) is 11.6 Å². The lowest BCUT2D eigenvalue weighted by Gasteiger charge is -2.57. The largest absolute Gasteiger partial charge is 0.484 e. The Balaban J connectivity index is 1.28. The van der Waals surface area contributed by atoms with Crippen molar-refractivity contribution < 1.29 is 41.9 Å². The summed E-state index contributed by atoms with van der Waals surface area (Å²) in [5, 5.41) is 5.92. The lowest BCUT2D eigenvalue weighted by Crippen LogP contribution is -2.71. The number of nitrogens with zero attached hydrogens (tertiary/aromatic N) is 1. The number of esters is 1. The summed E-state index contributed by atoms with van der Waals surface area (Å²) in [4.78, 5) is 39.2. The Morgan fingerprint density at radius 1 is 0.886 bits per heavy atom. The van der Waals surface area contributed by atoms with Crippen LogP contribution < -0.4 is 24.7 Å². The number of aromatic nitrogens is 1. The van der Waals surface area contributed by atoms with Gasteiger partial charge in [-0.15, -0.1) is 0 Å². The smallest absolute Gasteiger partial charge is 0.344 e. The zero-order valence-corrected chi connectivity index (χ0v) is 25.2. The highest BCUT2D eigenvalue weighted by Crippen LogP contribution is 2.48. The molecule has 2 amide bonds. The van der Waals surface area contributed by atoms with E-state index in [0.29, 0.717) is 31.2 Å². The van der Waals surface area contributed by atoms with E-state index in [9.17, 15) is 23.2 Å². The molecule has 13 heteroatoms. The predicted molar refractivity (Wildman–Crippen MR) is 155 cm³/mol. The number of aryl methyl sites for hydroxylation is 1. The average molecular weight is 649 g/mol. The summed E-state index contributed by atoms with van der Waals surface area (Å²) in [5.41, 5.74) is -1.31. The molecule has 6 rings (SSSR count). The third-order valence-electron chi connectivity index (χ3n) is 8.03. The first kappa shape index (κ1) is 31.5. The molecule has 9 nitrogen and oxygen atoms in total. The molecule has 3 fully saturated rings. The number of hydrogen-bond acceptors (Lipinski definition) is 6. The van der Waals surface area contributed by atoms with Crippen LogP contribution in [-0.4, -0.2) is 48.2 Å². The van der Waals surface area contributed by atoms with Crippen molar-refractivity contribution in [1.82, 2.24) is 10.6 Å². The molecule has 232 valence electrons. The molecule has 0 radical (unpaired) electrons. The molecule has 1 aromatic heterocycles. The fraction of sp³-hybridized carbons (Fsp3) is 0.355. The summed E-state index contributed by atoms with van der Waals surface area (Å²) in [6.07, 6.45) is 4.64. The fourth-order valence-electron chi connectivity index (χ4n) is 5.77. The topological polar surface area (TPSA) is 107 Å². The van der Waals surface area contributed by atoms with Gasteiger partial charge < -0.3 is 24.8 Å². The van der Waals surface area contributed by atoms with Gasteiger partial charge >= 0.3 is 5.97 Å². The summed E-state index contributed by atoms with van der Waals surface area (Å²) >= 11 is 11.4. The van der Waals surface area contributed by atoms with Gasteiger partial charge in [-0.3, -0.25) is 9.59 Å². The summed E-state index contributed by atoms with van der Waals surface area (Å²) in [6, 6.07) is 11.1. The van der Waals surface area contributed by atoms with Crippen LogP contribution in [0.5, 0.6) is 11.5 Å². The number of rotatable bonds is 10. The van der Waals surface area contributed by atoms with Crippen molar-refractivity contribution in [3.63, 3.8) is 0 Å². The monoisotopic (exact) mass is 648 g/mol. The molecule has 1 heterocycles. The minimum absolute atomic E-state index is 0.0593. The van der Waals surface area contributed by atoms with Crippen LogP contribution in [-0.2, 0) is 21.4 Å². The van der Waals surface area contributed by atoms with Crippen LogP contribution in [0.4, 0.5) is 8.78 Å². The van der Waals surface area contributed by atoms with E-state index in [1.54, 1.807) is 36.1 Å². The van der Waals surface area contributed by atoms with Gasteiger partial charge in [-0.1, -0.05) is 23.2 Å². The predicted octanol–water partition coefficient (Wildman–Crippen LogP) is 4.47. The van der Waals surface area contributed by atoms with Crippen molar-refractivity contribution in [3.05, 3.63) is 88.2 Å². The van der Waals surface area contributed by atoms with Crippen LogP contribution in [0.2, 0.25) is 10.0 Å². The summed E-state index contributed by atoms with van der Waals surface area (Å²) in [5.74, 6) is -2.53. The SMILES string of the molecule is C[n+]1cccc(C(=O)O[C@H]2CC3(NC(=O)COc4ccc(Cl)c(F)c4)CCC2(NC(=O)COc2ccc(Cl)c(F)c2)CC3)c1. The first-order valence-corrected chi connectivity index (χ1v) is 14.7. The van der Waals surface area contributed by atoms with Crippen molar-refractivity contribution in [3.8, 4) is 11.5 Å². The Morgan fingerprint density at radius 3 is 2.00 bits per heavy atom. The van der Waals surface area contributed by atoms with Gasteiger partial charge in [-0.05, 0) is 56.0 Å². The normalized spacial score (nSPS) is 22.2. The summed E-state index contributed by atoms with van der Waals surface area (Å²) in [7, 11) is 1.78. The Morgan fingerprint density at radius 2 is 1.45 bits per heavy atom. The summed E-state index contributed by atoms with van der Waals surface area (Å²) < 4.78 is 46.2. The van der Waals surface area contributed by atoms with E-state index in [-0.39, 0.29) is 34.6 Å². The molecule has 3 aliphatic rings. The molecule has 2 bridgehead atoms. The quantitative estimate of drug-likeness (QED) is 0.248. The van der Waals surface area contributed by atoms with Crippen molar-refractivity contribution in [2.24, 2.45) is 7.05 Å². The number of carbonyl (C=O) groups is 3. The number of pyridine rings is 1. The van der Waals surface area contributed by atoms with E-state index >= 15 is 0 Å². The van der Waals surface area contributed by atoms with E-state index in [4.69, 9.17) is 37.4 Å². The molecule has 0 unspecified atom stereocenters. The van der Waals surface area contributed by atoms with Crippen LogP contribution in [0.3, 0.4) is 0 Å². The lowest BCUT2D eigenvalue weighted by molar-refractivity contribution is -0.671. The number of nitrogens with one attached hydrogen (secondary N) is 2. The minimum atomic E-state index is -0.915. The maximum absolute atomic E-state index is 13.8.